The number of halogens is 1. The maximum atomic E-state index is 5.86. The molecule has 0 saturated carbocycles. The Kier molecular flexibility index (Phi) is 4.37. The summed E-state index contributed by atoms with van der Waals surface area (Å²) in [6.45, 7) is 2.05. The molecule has 0 bridgehead atoms. The third kappa shape index (κ3) is 3.66. The summed E-state index contributed by atoms with van der Waals surface area (Å²) in [5, 5.41) is 0. The number of benzene rings is 1. The predicted octanol–water partition coefficient (Wildman–Crippen LogP) is 2.78. The molecule has 17 heavy (non-hydrogen) atoms. The number of hydrogen-bond acceptors (Lipinski definition) is 2. The highest BCUT2D eigenvalue weighted by molar-refractivity contribution is 9.10. The van der Waals surface area contributed by atoms with Crippen LogP contribution in [-0.2, 0) is 6.54 Å². The van der Waals surface area contributed by atoms with Crippen LogP contribution in [0.4, 0.5) is 0 Å². The molecule has 2 N–H and O–H groups in total. The summed E-state index contributed by atoms with van der Waals surface area (Å²) in [5.41, 5.74) is 7.20. The molecule has 2 rings (SSSR count). The maximum Gasteiger partial charge on any atom is 0.0242 e. The van der Waals surface area contributed by atoms with Crippen molar-refractivity contribution in [2.45, 2.75) is 19.0 Å². The van der Waals surface area contributed by atoms with Crippen molar-refractivity contribution in [3.63, 3.8) is 0 Å². The molecule has 0 heterocycles. The van der Waals surface area contributed by atoms with E-state index in [2.05, 4.69) is 58.2 Å². The fourth-order valence-corrected chi connectivity index (χ4v) is 2.73. The average molecular weight is 295 g/mol. The smallest absolute Gasteiger partial charge is 0.0242 e. The quantitative estimate of drug-likeness (QED) is 0.866. The molecule has 3 heteroatoms. The molecule has 2 unspecified atom stereocenters. The van der Waals surface area contributed by atoms with Gasteiger partial charge in [0.1, 0.15) is 0 Å². The molecule has 1 aliphatic rings. The Bertz CT molecular complexity index is 403. The zero-order valence-corrected chi connectivity index (χ0v) is 11.7. The lowest BCUT2D eigenvalue weighted by Crippen LogP contribution is -2.26. The van der Waals surface area contributed by atoms with Gasteiger partial charge in [-0.2, -0.15) is 0 Å². The molecule has 0 fully saturated rings. The van der Waals surface area contributed by atoms with Crippen molar-refractivity contribution in [3.8, 4) is 0 Å². The average Bonchev–Trinajstić information content (AvgIpc) is 2.67. The zero-order chi connectivity index (χ0) is 12.3. The van der Waals surface area contributed by atoms with Gasteiger partial charge in [0.15, 0.2) is 0 Å². The Labute approximate surface area is 112 Å². The van der Waals surface area contributed by atoms with Gasteiger partial charge in [0.2, 0.25) is 0 Å². The molecule has 2 nitrogen and oxygen atoms in total. The molecular weight excluding hydrogens is 276 g/mol. The second kappa shape index (κ2) is 5.80. The monoisotopic (exact) mass is 294 g/mol. The molecule has 0 saturated heterocycles. The van der Waals surface area contributed by atoms with Crippen LogP contribution in [0.15, 0.2) is 40.9 Å². The minimum Gasteiger partial charge on any atom is -0.324 e. The highest BCUT2D eigenvalue weighted by atomic mass is 79.9. The van der Waals surface area contributed by atoms with Crippen LogP contribution in [0, 0.1) is 5.92 Å². The van der Waals surface area contributed by atoms with Crippen molar-refractivity contribution in [1.29, 1.82) is 0 Å². The first kappa shape index (κ1) is 12.8. The third-order valence-electron chi connectivity index (χ3n) is 3.15. The van der Waals surface area contributed by atoms with E-state index in [1.807, 2.05) is 6.07 Å². The Morgan fingerprint density at radius 2 is 2.12 bits per heavy atom. The van der Waals surface area contributed by atoms with Gasteiger partial charge < -0.3 is 10.6 Å². The molecule has 0 aromatic heterocycles. The first-order valence-corrected chi connectivity index (χ1v) is 6.80. The maximum absolute atomic E-state index is 5.86. The van der Waals surface area contributed by atoms with Crippen LogP contribution in [0.25, 0.3) is 0 Å². The lowest BCUT2D eigenvalue weighted by Gasteiger charge is -2.21. The normalized spacial score (nSPS) is 23.5. The number of nitrogens with two attached hydrogens (primary N) is 1. The Balaban J connectivity index is 1.87. The topological polar surface area (TPSA) is 29.3 Å². The molecule has 0 aliphatic heterocycles. The molecule has 2 atom stereocenters. The second-order valence-electron chi connectivity index (χ2n) is 4.83. The van der Waals surface area contributed by atoms with Gasteiger partial charge in [0.05, 0.1) is 0 Å². The fourth-order valence-electron chi connectivity index (χ4n) is 2.32. The van der Waals surface area contributed by atoms with E-state index >= 15 is 0 Å². The van der Waals surface area contributed by atoms with E-state index in [-0.39, 0.29) is 6.04 Å². The van der Waals surface area contributed by atoms with E-state index in [4.69, 9.17) is 5.73 Å². The SMILES string of the molecule is CN(Cc1ccccc1Br)CC1C=CC(N)C1. The first-order valence-electron chi connectivity index (χ1n) is 6.01. The van der Waals surface area contributed by atoms with Crippen LogP contribution in [0.3, 0.4) is 0 Å². The molecule has 1 aromatic rings. The molecule has 1 aromatic carbocycles. The summed E-state index contributed by atoms with van der Waals surface area (Å²) in [4.78, 5) is 2.35. The molecule has 92 valence electrons. The van der Waals surface area contributed by atoms with Gasteiger partial charge in [-0.3, -0.25) is 0 Å². The Morgan fingerprint density at radius 1 is 1.35 bits per heavy atom. The van der Waals surface area contributed by atoms with Gasteiger partial charge in [-0.25, -0.2) is 0 Å². The summed E-state index contributed by atoms with van der Waals surface area (Å²) in [7, 11) is 2.16. The summed E-state index contributed by atoms with van der Waals surface area (Å²) < 4.78 is 1.19. The van der Waals surface area contributed by atoms with Crippen molar-refractivity contribution in [2.75, 3.05) is 13.6 Å². The molecular formula is C14H19BrN2. The zero-order valence-electron chi connectivity index (χ0n) is 10.1. The van der Waals surface area contributed by atoms with Crippen molar-refractivity contribution < 1.29 is 0 Å². The van der Waals surface area contributed by atoms with Crippen molar-refractivity contribution in [2.24, 2.45) is 11.7 Å². The van der Waals surface area contributed by atoms with Crippen LogP contribution >= 0.6 is 15.9 Å². The largest absolute Gasteiger partial charge is 0.324 e. The fraction of sp³-hybridized carbons (Fsp3) is 0.429. The molecule has 0 radical (unpaired) electrons. The van der Waals surface area contributed by atoms with E-state index in [0.29, 0.717) is 5.92 Å². The van der Waals surface area contributed by atoms with E-state index in [1.165, 1.54) is 10.0 Å². The van der Waals surface area contributed by atoms with Crippen LogP contribution in [0.2, 0.25) is 0 Å². The molecule has 1 aliphatic carbocycles. The van der Waals surface area contributed by atoms with Gasteiger partial charge in [-0.15, -0.1) is 0 Å². The highest BCUT2D eigenvalue weighted by Crippen LogP contribution is 2.20. The summed E-state index contributed by atoms with van der Waals surface area (Å²) in [5.74, 6) is 0.609. The number of hydrogen-bond donors (Lipinski definition) is 1. The Morgan fingerprint density at radius 3 is 2.76 bits per heavy atom. The Hall–Kier alpha value is -0.640. The van der Waals surface area contributed by atoms with Gasteiger partial charge in [0, 0.05) is 23.6 Å². The van der Waals surface area contributed by atoms with Crippen LogP contribution in [0.1, 0.15) is 12.0 Å². The number of nitrogens with zero attached hydrogens (tertiary/aromatic N) is 1. The standard InChI is InChI=1S/C14H19BrN2/c1-17(9-11-6-7-13(16)8-11)10-12-4-2-3-5-14(12)15/h2-7,11,13H,8-10,16H2,1H3. The molecule has 0 spiro atoms. The minimum absolute atomic E-state index is 0.261. The van der Waals surface area contributed by atoms with Crippen LogP contribution < -0.4 is 5.73 Å². The van der Waals surface area contributed by atoms with Crippen molar-refractivity contribution in [3.05, 3.63) is 46.5 Å². The van der Waals surface area contributed by atoms with Gasteiger partial charge in [-0.1, -0.05) is 46.3 Å². The van der Waals surface area contributed by atoms with Crippen molar-refractivity contribution >= 4 is 15.9 Å². The predicted molar refractivity (Wildman–Crippen MR) is 75.7 cm³/mol. The number of rotatable bonds is 4. The van der Waals surface area contributed by atoms with Gasteiger partial charge in [0.25, 0.3) is 0 Å². The van der Waals surface area contributed by atoms with Crippen LogP contribution in [-0.4, -0.2) is 24.5 Å². The molecule has 0 amide bonds. The van der Waals surface area contributed by atoms with Gasteiger partial charge >= 0.3 is 0 Å². The summed E-state index contributed by atoms with van der Waals surface area (Å²) in [6, 6.07) is 8.65. The van der Waals surface area contributed by atoms with Crippen LogP contribution in [0.5, 0.6) is 0 Å². The van der Waals surface area contributed by atoms with E-state index < -0.39 is 0 Å². The summed E-state index contributed by atoms with van der Waals surface area (Å²) in [6.07, 6.45) is 5.46. The van der Waals surface area contributed by atoms with Crippen molar-refractivity contribution in [1.82, 2.24) is 4.90 Å². The minimum atomic E-state index is 0.261. The van der Waals surface area contributed by atoms with E-state index in [9.17, 15) is 0 Å². The van der Waals surface area contributed by atoms with E-state index in [0.717, 1.165) is 19.5 Å². The van der Waals surface area contributed by atoms with E-state index in [1.54, 1.807) is 0 Å². The van der Waals surface area contributed by atoms with Gasteiger partial charge in [-0.05, 0) is 31.0 Å². The summed E-state index contributed by atoms with van der Waals surface area (Å²) >= 11 is 3.59. The first-order chi connectivity index (χ1) is 8.15. The second-order valence-corrected chi connectivity index (χ2v) is 5.69. The third-order valence-corrected chi connectivity index (χ3v) is 3.92. The highest BCUT2D eigenvalue weighted by Gasteiger charge is 2.17. The lowest BCUT2D eigenvalue weighted by molar-refractivity contribution is 0.288. The lowest BCUT2D eigenvalue weighted by atomic mass is 10.1.